The molecule has 0 fully saturated rings. The first-order chi connectivity index (χ1) is 9.93. The topological polar surface area (TPSA) is 12.0 Å². The SMILES string of the molecule is CCNC(c1ccc(C)cc1Cl)c1c(C)cc(C)cc1C. The van der Waals surface area contributed by atoms with Crippen molar-refractivity contribution in [3.63, 3.8) is 0 Å². The molecular weight excluding hydrogens is 278 g/mol. The van der Waals surface area contributed by atoms with E-state index in [1.54, 1.807) is 0 Å². The summed E-state index contributed by atoms with van der Waals surface area (Å²) in [5.41, 5.74) is 7.62. The van der Waals surface area contributed by atoms with Gasteiger partial charge in [0.25, 0.3) is 0 Å². The molecule has 0 radical (unpaired) electrons. The van der Waals surface area contributed by atoms with Crippen molar-refractivity contribution in [3.8, 4) is 0 Å². The van der Waals surface area contributed by atoms with Crippen LogP contribution in [-0.2, 0) is 0 Å². The van der Waals surface area contributed by atoms with Crippen LogP contribution in [0.1, 0.15) is 46.3 Å². The monoisotopic (exact) mass is 301 g/mol. The van der Waals surface area contributed by atoms with E-state index in [4.69, 9.17) is 11.6 Å². The zero-order chi connectivity index (χ0) is 15.6. The summed E-state index contributed by atoms with van der Waals surface area (Å²) >= 11 is 6.51. The fourth-order valence-electron chi connectivity index (χ4n) is 3.08. The van der Waals surface area contributed by atoms with Crippen molar-refractivity contribution >= 4 is 11.6 Å². The molecule has 0 spiro atoms. The normalized spacial score (nSPS) is 12.5. The summed E-state index contributed by atoms with van der Waals surface area (Å²) < 4.78 is 0. The number of benzene rings is 2. The Morgan fingerprint density at radius 2 is 1.57 bits per heavy atom. The predicted octanol–water partition coefficient (Wildman–Crippen LogP) is 5.27. The number of nitrogens with one attached hydrogen (secondary N) is 1. The van der Waals surface area contributed by atoms with Gasteiger partial charge in [0.15, 0.2) is 0 Å². The molecule has 1 atom stereocenters. The Bertz CT molecular complexity index is 623. The molecule has 112 valence electrons. The van der Waals surface area contributed by atoms with Crippen molar-refractivity contribution < 1.29 is 0 Å². The van der Waals surface area contributed by atoms with Crippen molar-refractivity contribution in [2.75, 3.05) is 6.54 Å². The quantitative estimate of drug-likeness (QED) is 0.811. The minimum Gasteiger partial charge on any atom is -0.306 e. The molecule has 0 heterocycles. The highest BCUT2D eigenvalue weighted by Crippen LogP contribution is 2.33. The number of hydrogen-bond acceptors (Lipinski definition) is 1. The van der Waals surface area contributed by atoms with Gasteiger partial charge < -0.3 is 5.32 Å². The Hall–Kier alpha value is -1.31. The average Bonchev–Trinajstić information content (AvgIpc) is 2.37. The molecule has 0 bridgehead atoms. The summed E-state index contributed by atoms with van der Waals surface area (Å²) in [4.78, 5) is 0. The van der Waals surface area contributed by atoms with Crippen molar-refractivity contribution in [2.45, 2.75) is 40.7 Å². The first-order valence-corrected chi connectivity index (χ1v) is 7.89. The van der Waals surface area contributed by atoms with Gasteiger partial charge in [0.2, 0.25) is 0 Å². The molecule has 0 aliphatic heterocycles. The molecule has 0 saturated heterocycles. The van der Waals surface area contributed by atoms with E-state index < -0.39 is 0 Å². The van der Waals surface area contributed by atoms with Gasteiger partial charge in [0, 0.05) is 5.02 Å². The Labute approximate surface area is 133 Å². The molecule has 2 aromatic rings. The van der Waals surface area contributed by atoms with Crippen LogP contribution in [0.15, 0.2) is 30.3 Å². The maximum Gasteiger partial charge on any atom is 0.0596 e. The summed E-state index contributed by atoms with van der Waals surface area (Å²) in [7, 11) is 0. The lowest BCUT2D eigenvalue weighted by Gasteiger charge is -2.24. The maximum atomic E-state index is 6.51. The average molecular weight is 302 g/mol. The summed E-state index contributed by atoms with van der Waals surface area (Å²) in [6, 6.07) is 10.9. The molecule has 0 aliphatic rings. The van der Waals surface area contributed by atoms with Gasteiger partial charge in [-0.15, -0.1) is 0 Å². The highest BCUT2D eigenvalue weighted by atomic mass is 35.5. The third-order valence-electron chi connectivity index (χ3n) is 3.90. The molecule has 0 amide bonds. The lowest BCUT2D eigenvalue weighted by atomic mass is 9.89. The van der Waals surface area contributed by atoms with E-state index in [1.807, 2.05) is 6.07 Å². The molecule has 0 aromatic heterocycles. The predicted molar refractivity (Wildman–Crippen MR) is 92.4 cm³/mol. The Kier molecular flexibility index (Phi) is 5.08. The van der Waals surface area contributed by atoms with E-state index in [0.29, 0.717) is 0 Å². The van der Waals surface area contributed by atoms with Crippen LogP contribution in [0.2, 0.25) is 5.02 Å². The number of hydrogen-bond donors (Lipinski definition) is 1. The van der Waals surface area contributed by atoms with E-state index in [-0.39, 0.29) is 6.04 Å². The van der Waals surface area contributed by atoms with Gasteiger partial charge in [-0.1, -0.05) is 48.4 Å². The summed E-state index contributed by atoms with van der Waals surface area (Å²) in [6.45, 7) is 11.6. The zero-order valence-electron chi connectivity index (χ0n) is 13.5. The maximum absolute atomic E-state index is 6.51. The van der Waals surface area contributed by atoms with E-state index in [2.05, 4.69) is 64.2 Å². The molecule has 0 aliphatic carbocycles. The highest BCUT2D eigenvalue weighted by molar-refractivity contribution is 6.31. The first kappa shape index (κ1) is 16.1. The van der Waals surface area contributed by atoms with Crippen LogP contribution in [0.5, 0.6) is 0 Å². The van der Waals surface area contributed by atoms with Crippen LogP contribution in [0.4, 0.5) is 0 Å². The first-order valence-electron chi connectivity index (χ1n) is 7.51. The molecule has 21 heavy (non-hydrogen) atoms. The molecule has 0 saturated carbocycles. The van der Waals surface area contributed by atoms with Crippen LogP contribution < -0.4 is 5.32 Å². The Balaban J connectivity index is 2.59. The van der Waals surface area contributed by atoms with Crippen molar-refractivity contribution in [3.05, 3.63) is 68.7 Å². The molecule has 2 heteroatoms. The lowest BCUT2D eigenvalue weighted by molar-refractivity contribution is 0.624. The van der Waals surface area contributed by atoms with Gasteiger partial charge in [0.1, 0.15) is 0 Å². The van der Waals surface area contributed by atoms with Crippen LogP contribution in [-0.4, -0.2) is 6.54 Å². The second kappa shape index (κ2) is 6.64. The van der Waals surface area contributed by atoms with Gasteiger partial charge >= 0.3 is 0 Å². The summed E-state index contributed by atoms with van der Waals surface area (Å²) in [6.07, 6.45) is 0. The smallest absolute Gasteiger partial charge is 0.0596 e. The van der Waals surface area contributed by atoms with Crippen LogP contribution in [0.25, 0.3) is 0 Å². The van der Waals surface area contributed by atoms with Crippen LogP contribution in [0.3, 0.4) is 0 Å². The largest absolute Gasteiger partial charge is 0.306 e. The third-order valence-corrected chi connectivity index (χ3v) is 4.23. The molecule has 1 unspecified atom stereocenters. The van der Waals surface area contributed by atoms with Crippen LogP contribution in [0, 0.1) is 27.7 Å². The Morgan fingerprint density at radius 3 is 2.10 bits per heavy atom. The molecule has 1 nitrogen and oxygen atoms in total. The summed E-state index contributed by atoms with van der Waals surface area (Å²) in [5.74, 6) is 0. The molecule has 2 aromatic carbocycles. The number of aryl methyl sites for hydroxylation is 4. The molecule has 1 N–H and O–H groups in total. The fraction of sp³-hybridized carbons (Fsp3) is 0.368. The third kappa shape index (κ3) is 3.48. The van der Waals surface area contributed by atoms with E-state index in [1.165, 1.54) is 27.8 Å². The van der Waals surface area contributed by atoms with Crippen molar-refractivity contribution in [1.29, 1.82) is 0 Å². The molecule has 2 rings (SSSR count). The molecular formula is C19H24ClN. The van der Waals surface area contributed by atoms with Gasteiger partial charge in [-0.05, 0) is 68.1 Å². The van der Waals surface area contributed by atoms with E-state index in [0.717, 1.165) is 17.1 Å². The zero-order valence-corrected chi connectivity index (χ0v) is 14.3. The van der Waals surface area contributed by atoms with Crippen molar-refractivity contribution in [2.24, 2.45) is 0 Å². The van der Waals surface area contributed by atoms with Gasteiger partial charge in [-0.2, -0.15) is 0 Å². The second-order valence-corrected chi connectivity index (χ2v) is 6.24. The standard InChI is InChI=1S/C19H24ClN/c1-6-21-19(16-8-7-12(2)11-17(16)20)18-14(4)9-13(3)10-15(18)5/h7-11,19,21H,6H2,1-5H3. The van der Waals surface area contributed by atoms with Gasteiger partial charge in [-0.3, -0.25) is 0 Å². The lowest BCUT2D eigenvalue weighted by Crippen LogP contribution is -2.24. The summed E-state index contributed by atoms with van der Waals surface area (Å²) in [5, 5.41) is 4.43. The fourth-order valence-corrected chi connectivity index (χ4v) is 3.43. The minimum absolute atomic E-state index is 0.142. The second-order valence-electron chi connectivity index (χ2n) is 5.83. The number of halogens is 1. The van der Waals surface area contributed by atoms with Crippen LogP contribution >= 0.6 is 11.6 Å². The highest BCUT2D eigenvalue weighted by Gasteiger charge is 2.20. The Morgan fingerprint density at radius 1 is 0.952 bits per heavy atom. The van der Waals surface area contributed by atoms with E-state index in [9.17, 15) is 0 Å². The van der Waals surface area contributed by atoms with Gasteiger partial charge in [0.05, 0.1) is 6.04 Å². The number of rotatable bonds is 4. The van der Waals surface area contributed by atoms with E-state index >= 15 is 0 Å². The minimum atomic E-state index is 0.142. The van der Waals surface area contributed by atoms with Gasteiger partial charge in [-0.25, -0.2) is 0 Å². The van der Waals surface area contributed by atoms with Crippen molar-refractivity contribution in [1.82, 2.24) is 5.32 Å².